The van der Waals surface area contributed by atoms with Crippen LogP contribution in [0.15, 0.2) is 36.4 Å². The first-order chi connectivity index (χ1) is 9.71. The van der Waals surface area contributed by atoms with Gasteiger partial charge in [0.25, 0.3) is 0 Å². The minimum Gasteiger partial charge on any atom is -0.236 e. The van der Waals surface area contributed by atoms with Crippen molar-refractivity contribution in [3.63, 3.8) is 0 Å². The monoisotopic (exact) mass is 301 g/mol. The van der Waals surface area contributed by atoms with Crippen molar-refractivity contribution in [2.24, 2.45) is 0 Å². The first kappa shape index (κ1) is 13.6. The van der Waals surface area contributed by atoms with E-state index in [-0.39, 0.29) is 0 Å². The zero-order chi connectivity index (χ0) is 14.1. The highest BCUT2D eigenvalue weighted by atomic mass is 35.5. The highest BCUT2D eigenvalue weighted by Gasteiger charge is 2.10. The predicted molar refractivity (Wildman–Crippen MR) is 88.8 cm³/mol. The molecule has 1 nitrogen and oxygen atoms in total. The number of aromatic nitrogens is 1. The van der Waals surface area contributed by atoms with Gasteiger partial charge in [-0.2, -0.15) is 0 Å². The van der Waals surface area contributed by atoms with Crippen molar-refractivity contribution in [3.8, 4) is 10.6 Å². The van der Waals surface area contributed by atoms with Crippen LogP contribution in [0.5, 0.6) is 0 Å². The first-order valence-electron chi connectivity index (χ1n) is 6.89. The molecule has 0 atom stereocenters. The summed E-state index contributed by atoms with van der Waals surface area (Å²) in [5.74, 6) is 0. The minimum atomic E-state index is 0.798. The van der Waals surface area contributed by atoms with Gasteiger partial charge in [-0.1, -0.05) is 43.6 Å². The maximum atomic E-state index is 6.18. The molecule has 3 aromatic rings. The lowest BCUT2D eigenvalue weighted by atomic mass is 10.1. The number of thiazole rings is 1. The van der Waals surface area contributed by atoms with Crippen LogP contribution in [-0.2, 0) is 12.8 Å². The van der Waals surface area contributed by atoms with Gasteiger partial charge in [0.15, 0.2) is 0 Å². The smallest absolute Gasteiger partial charge is 0.124 e. The molecule has 0 aliphatic rings. The summed E-state index contributed by atoms with van der Waals surface area (Å²) < 4.78 is 1.17. The van der Waals surface area contributed by atoms with E-state index in [0.29, 0.717) is 0 Å². The third-order valence-electron chi connectivity index (χ3n) is 3.50. The molecule has 20 heavy (non-hydrogen) atoms. The second-order valence-electron chi connectivity index (χ2n) is 4.84. The van der Waals surface area contributed by atoms with E-state index in [4.69, 9.17) is 16.6 Å². The summed E-state index contributed by atoms with van der Waals surface area (Å²) >= 11 is 7.90. The van der Waals surface area contributed by atoms with Crippen LogP contribution < -0.4 is 0 Å². The molecule has 0 radical (unpaired) electrons. The molecule has 0 spiro atoms. The quantitative estimate of drug-likeness (QED) is 0.601. The van der Waals surface area contributed by atoms with Crippen LogP contribution >= 0.6 is 22.9 Å². The summed E-state index contributed by atoms with van der Waals surface area (Å²) in [5, 5.41) is 1.87. The molecule has 0 fully saturated rings. The third kappa shape index (κ3) is 2.46. The second-order valence-corrected chi connectivity index (χ2v) is 6.31. The van der Waals surface area contributed by atoms with Crippen molar-refractivity contribution in [1.29, 1.82) is 0 Å². The molecular weight excluding hydrogens is 286 g/mol. The van der Waals surface area contributed by atoms with Crippen molar-refractivity contribution in [1.82, 2.24) is 4.98 Å². The number of hydrogen-bond donors (Lipinski definition) is 0. The van der Waals surface area contributed by atoms with Crippen LogP contribution in [0.1, 0.15) is 25.0 Å². The number of rotatable bonds is 3. The molecule has 0 N–H and O–H groups in total. The van der Waals surface area contributed by atoms with Gasteiger partial charge < -0.3 is 0 Å². The fraction of sp³-hybridized carbons (Fsp3) is 0.235. The molecule has 3 heteroatoms. The van der Waals surface area contributed by atoms with Crippen LogP contribution in [0, 0.1) is 0 Å². The lowest BCUT2D eigenvalue weighted by Crippen LogP contribution is -1.84. The normalized spacial score (nSPS) is 11.2. The summed E-state index contributed by atoms with van der Waals surface area (Å²) in [7, 11) is 0. The van der Waals surface area contributed by atoms with E-state index in [1.54, 1.807) is 11.3 Å². The SMILES string of the molecule is CCc1cccc(-c2nc3c(CC)cc(Cl)cc3s2)c1. The minimum absolute atomic E-state index is 0.798. The molecule has 0 aliphatic carbocycles. The van der Waals surface area contributed by atoms with E-state index < -0.39 is 0 Å². The van der Waals surface area contributed by atoms with E-state index in [0.717, 1.165) is 28.4 Å². The molecule has 0 saturated carbocycles. The van der Waals surface area contributed by atoms with Gasteiger partial charge in [-0.25, -0.2) is 4.98 Å². The Hall–Kier alpha value is -1.38. The van der Waals surface area contributed by atoms with Gasteiger partial charge in [-0.3, -0.25) is 0 Å². The molecule has 0 amide bonds. The van der Waals surface area contributed by atoms with Crippen LogP contribution in [0.2, 0.25) is 5.02 Å². The average Bonchev–Trinajstić information content (AvgIpc) is 2.90. The van der Waals surface area contributed by atoms with E-state index in [2.05, 4.69) is 38.1 Å². The summed E-state index contributed by atoms with van der Waals surface area (Å²) in [4.78, 5) is 4.83. The van der Waals surface area contributed by atoms with Crippen molar-refractivity contribution < 1.29 is 0 Å². The van der Waals surface area contributed by atoms with Crippen LogP contribution in [0.3, 0.4) is 0 Å². The van der Waals surface area contributed by atoms with Gasteiger partial charge in [0.2, 0.25) is 0 Å². The zero-order valence-electron chi connectivity index (χ0n) is 11.6. The van der Waals surface area contributed by atoms with Gasteiger partial charge in [-0.15, -0.1) is 11.3 Å². The Bertz CT molecular complexity index is 761. The zero-order valence-corrected chi connectivity index (χ0v) is 13.2. The lowest BCUT2D eigenvalue weighted by molar-refractivity contribution is 1.14. The predicted octanol–water partition coefficient (Wildman–Crippen LogP) is 5.74. The van der Waals surface area contributed by atoms with Crippen molar-refractivity contribution in [2.75, 3.05) is 0 Å². The van der Waals surface area contributed by atoms with Crippen molar-refractivity contribution in [2.45, 2.75) is 26.7 Å². The van der Waals surface area contributed by atoms with E-state index in [1.165, 1.54) is 21.4 Å². The topological polar surface area (TPSA) is 12.9 Å². The number of hydrogen-bond acceptors (Lipinski definition) is 2. The fourth-order valence-corrected chi connectivity index (χ4v) is 3.73. The van der Waals surface area contributed by atoms with Gasteiger partial charge >= 0.3 is 0 Å². The lowest BCUT2D eigenvalue weighted by Gasteiger charge is -2.00. The summed E-state index contributed by atoms with van der Waals surface area (Å²) in [6.07, 6.45) is 2.00. The maximum Gasteiger partial charge on any atom is 0.124 e. The van der Waals surface area contributed by atoms with Crippen LogP contribution in [0.25, 0.3) is 20.8 Å². The van der Waals surface area contributed by atoms with E-state index >= 15 is 0 Å². The Morgan fingerprint density at radius 1 is 1.10 bits per heavy atom. The number of benzene rings is 2. The highest BCUT2D eigenvalue weighted by molar-refractivity contribution is 7.21. The molecule has 1 heterocycles. The van der Waals surface area contributed by atoms with Crippen LogP contribution in [0.4, 0.5) is 0 Å². The van der Waals surface area contributed by atoms with E-state index in [9.17, 15) is 0 Å². The Kier molecular flexibility index (Phi) is 3.77. The van der Waals surface area contributed by atoms with Gasteiger partial charge in [0.1, 0.15) is 5.01 Å². The summed E-state index contributed by atoms with van der Waals surface area (Å²) in [5.41, 5.74) is 4.86. The maximum absolute atomic E-state index is 6.18. The third-order valence-corrected chi connectivity index (χ3v) is 4.77. The van der Waals surface area contributed by atoms with Gasteiger partial charge in [0.05, 0.1) is 10.2 Å². The molecular formula is C17H16ClNS. The largest absolute Gasteiger partial charge is 0.236 e. The standard InChI is InChI=1S/C17H16ClNS/c1-3-11-6-5-7-13(8-11)17-19-16-12(4-2)9-14(18)10-15(16)20-17/h5-10H,3-4H2,1-2H3. The molecule has 0 bridgehead atoms. The fourth-order valence-electron chi connectivity index (χ4n) is 2.38. The Labute approximate surface area is 128 Å². The molecule has 0 saturated heterocycles. The Morgan fingerprint density at radius 3 is 2.70 bits per heavy atom. The van der Waals surface area contributed by atoms with Crippen molar-refractivity contribution >= 4 is 33.2 Å². The summed E-state index contributed by atoms with van der Waals surface area (Å²) in [6.45, 7) is 4.31. The van der Waals surface area contributed by atoms with E-state index in [1.807, 2.05) is 12.1 Å². The molecule has 102 valence electrons. The van der Waals surface area contributed by atoms with Gasteiger partial charge in [-0.05, 0) is 42.2 Å². The van der Waals surface area contributed by atoms with Crippen molar-refractivity contribution in [3.05, 3.63) is 52.5 Å². The Morgan fingerprint density at radius 2 is 1.95 bits per heavy atom. The number of nitrogens with zero attached hydrogens (tertiary/aromatic N) is 1. The highest BCUT2D eigenvalue weighted by Crippen LogP contribution is 2.34. The van der Waals surface area contributed by atoms with Gasteiger partial charge in [0, 0.05) is 10.6 Å². The molecule has 0 aliphatic heterocycles. The molecule has 1 aromatic heterocycles. The number of fused-ring (bicyclic) bond motifs is 1. The average molecular weight is 302 g/mol. The molecule has 2 aromatic carbocycles. The first-order valence-corrected chi connectivity index (χ1v) is 8.09. The number of aryl methyl sites for hydroxylation is 2. The second kappa shape index (κ2) is 5.55. The number of halogens is 1. The molecule has 3 rings (SSSR count). The van der Waals surface area contributed by atoms with Crippen LogP contribution in [-0.4, -0.2) is 4.98 Å². The Balaban J connectivity index is 2.17. The molecule has 0 unspecified atom stereocenters. The summed E-state index contributed by atoms with van der Waals surface area (Å²) in [6, 6.07) is 12.7.